The molecule has 1 aliphatic carbocycles. The molecule has 4 amide bonds. The Kier molecular flexibility index (Phi) is 3.27. The molecule has 1 heterocycles. The summed E-state index contributed by atoms with van der Waals surface area (Å²) < 4.78 is 0. The normalized spacial score (nSPS) is 22.5. The third kappa shape index (κ3) is 2.04. The van der Waals surface area contributed by atoms with Gasteiger partial charge < -0.3 is 0 Å². The summed E-state index contributed by atoms with van der Waals surface area (Å²) in [7, 11) is 0. The molecule has 5 nitrogen and oxygen atoms in total. The predicted octanol–water partition coefficient (Wildman–Crippen LogP) is 2.39. The number of carbonyl (C=O) groups is 3. The van der Waals surface area contributed by atoms with Crippen LogP contribution in [-0.2, 0) is 9.59 Å². The zero-order chi connectivity index (χ0) is 15.0. The monoisotopic (exact) mass is 286 g/mol. The Balaban J connectivity index is 1.96. The van der Waals surface area contributed by atoms with E-state index in [1.165, 1.54) is 4.90 Å². The Labute approximate surface area is 123 Å². The molecule has 1 spiro atoms. The number of urea groups is 1. The summed E-state index contributed by atoms with van der Waals surface area (Å²) in [4.78, 5) is 38.3. The fourth-order valence-corrected chi connectivity index (χ4v) is 3.35. The van der Waals surface area contributed by atoms with Gasteiger partial charge in [0.25, 0.3) is 0 Å². The number of benzene rings is 1. The number of barbiturate groups is 1. The Morgan fingerprint density at radius 1 is 1.10 bits per heavy atom. The van der Waals surface area contributed by atoms with E-state index in [0.29, 0.717) is 12.8 Å². The molecule has 0 aromatic heterocycles. The Hall–Kier alpha value is -2.17. The third-order valence-corrected chi connectivity index (χ3v) is 4.63. The highest BCUT2D eigenvalue weighted by molar-refractivity contribution is 6.19. The predicted molar refractivity (Wildman–Crippen MR) is 76.1 cm³/mol. The molecule has 0 bridgehead atoms. The first kappa shape index (κ1) is 13.8. The first-order chi connectivity index (χ1) is 10.1. The third-order valence-electron chi connectivity index (χ3n) is 4.63. The van der Waals surface area contributed by atoms with Crippen molar-refractivity contribution in [3.05, 3.63) is 35.9 Å². The summed E-state index contributed by atoms with van der Waals surface area (Å²) >= 11 is 0. The molecule has 3 rings (SSSR count). The van der Waals surface area contributed by atoms with Crippen molar-refractivity contribution < 1.29 is 14.4 Å². The molecule has 1 aromatic carbocycles. The summed E-state index contributed by atoms with van der Waals surface area (Å²) in [5, 5.41) is 2.37. The van der Waals surface area contributed by atoms with Crippen molar-refractivity contribution in [3.8, 4) is 0 Å². The van der Waals surface area contributed by atoms with Crippen molar-refractivity contribution in [1.29, 1.82) is 0 Å². The van der Waals surface area contributed by atoms with Crippen LogP contribution in [0, 0.1) is 5.41 Å². The molecule has 1 aliphatic heterocycles. The van der Waals surface area contributed by atoms with Crippen LogP contribution >= 0.6 is 0 Å². The molecule has 1 saturated carbocycles. The molecular weight excluding hydrogens is 268 g/mol. The van der Waals surface area contributed by atoms with Gasteiger partial charge in [-0.25, -0.2) is 4.79 Å². The smallest absolute Gasteiger partial charge is 0.277 e. The van der Waals surface area contributed by atoms with E-state index in [9.17, 15) is 14.4 Å². The van der Waals surface area contributed by atoms with Crippen LogP contribution in [0.25, 0.3) is 0 Å². The Morgan fingerprint density at radius 3 is 2.33 bits per heavy atom. The summed E-state index contributed by atoms with van der Waals surface area (Å²) in [6, 6.07) is 8.38. The van der Waals surface area contributed by atoms with Gasteiger partial charge in [-0.2, -0.15) is 0 Å². The summed E-state index contributed by atoms with van der Waals surface area (Å²) in [5.41, 5.74) is -0.153. The van der Waals surface area contributed by atoms with Gasteiger partial charge in [-0.1, -0.05) is 43.2 Å². The van der Waals surface area contributed by atoms with Crippen molar-refractivity contribution >= 4 is 17.8 Å². The van der Waals surface area contributed by atoms with E-state index in [2.05, 4.69) is 5.32 Å². The van der Waals surface area contributed by atoms with E-state index < -0.39 is 17.4 Å². The molecular formula is C16H18N2O3. The van der Waals surface area contributed by atoms with Crippen LogP contribution in [-0.4, -0.2) is 22.7 Å². The average molecular weight is 286 g/mol. The van der Waals surface area contributed by atoms with E-state index >= 15 is 0 Å². The maximum absolute atomic E-state index is 12.8. The number of amides is 4. The molecule has 110 valence electrons. The lowest BCUT2D eigenvalue weighted by molar-refractivity contribution is -0.152. The minimum atomic E-state index is -1.03. The SMILES string of the molecule is CC(c1ccccc1)N1C(=O)NC(=O)C2(CCCC2)C1=O. The van der Waals surface area contributed by atoms with Crippen molar-refractivity contribution in [2.24, 2.45) is 5.41 Å². The number of imide groups is 2. The van der Waals surface area contributed by atoms with Gasteiger partial charge in [0.1, 0.15) is 5.41 Å². The fourth-order valence-electron chi connectivity index (χ4n) is 3.35. The van der Waals surface area contributed by atoms with Gasteiger partial charge in [0, 0.05) is 0 Å². The maximum atomic E-state index is 12.8. The first-order valence-electron chi connectivity index (χ1n) is 7.30. The molecule has 1 atom stereocenters. The fraction of sp³-hybridized carbons (Fsp3) is 0.438. The van der Waals surface area contributed by atoms with Crippen LogP contribution in [0.3, 0.4) is 0 Å². The molecule has 2 fully saturated rings. The van der Waals surface area contributed by atoms with E-state index in [-0.39, 0.29) is 11.9 Å². The van der Waals surface area contributed by atoms with Crippen LogP contribution in [0.5, 0.6) is 0 Å². The standard InChI is InChI=1S/C16H18N2O3/c1-11(12-7-3-2-4-8-12)18-14(20)16(9-5-6-10-16)13(19)17-15(18)21/h2-4,7-8,11H,5-6,9-10H2,1H3,(H,17,19,21). The molecule has 2 aliphatic rings. The average Bonchev–Trinajstić information content (AvgIpc) is 2.97. The van der Waals surface area contributed by atoms with Gasteiger partial charge in [-0.3, -0.25) is 19.8 Å². The van der Waals surface area contributed by atoms with Gasteiger partial charge in [-0.15, -0.1) is 0 Å². The minimum absolute atomic E-state index is 0.342. The number of nitrogens with zero attached hydrogens (tertiary/aromatic N) is 1. The van der Waals surface area contributed by atoms with Gasteiger partial charge in [0.2, 0.25) is 11.8 Å². The topological polar surface area (TPSA) is 66.5 Å². The molecule has 1 unspecified atom stereocenters. The highest BCUT2D eigenvalue weighted by atomic mass is 16.2. The van der Waals surface area contributed by atoms with Gasteiger partial charge in [-0.05, 0) is 25.3 Å². The second-order valence-corrected chi connectivity index (χ2v) is 5.81. The maximum Gasteiger partial charge on any atom is 0.331 e. The zero-order valence-corrected chi connectivity index (χ0v) is 12.0. The lowest BCUT2D eigenvalue weighted by Crippen LogP contribution is -2.63. The zero-order valence-electron chi connectivity index (χ0n) is 12.0. The van der Waals surface area contributed by atoms with E-state index in [0.717, 1.165) is 18.4 Å². The largest absolute Gasteiger partial charge is 0.331 e. The van der Waals surface area contributed by atoms with Gasteiger partial charge in [0.15, 0.2) is 0 Å². The number of carbonyl (C=O) groups excluding carboxylic acids is 3. The number of hydrogen-bond donors (Lipinski definition) is 1. The summed E-state index contributed by atoms with van der Waals surface area (Å²) in [6.07, 6.45) is 2.76. The van der Waals surface area contributed by atoms with E-state index in [1.54, 1.807) is 0 Å². The van der Waals surface area contributed by atoms with Crippen molar-refractivity contribution in [1.82, 2.24) is 10.2 Å². The molecule has 1 saturated heterocycles. The number of hydrogen-bond acceptors (Lipinski definition) is 3. The van der Waals surface area contributed by atoms with Crippen molar-refractivity contribution in [2.45, 2.75) is 38.6 Å². The molecule has 21 heavy (non-hydrogen) atoms. The van der Waals surface area contributed by atoms with Gasteiger partial charge in [0.05, 0.1) is 6.04 Å². The van der Waals surface area contributed by atoms with Crippen LogP contribution in [0.4, 0.5) is 4.79 Å². The molecule has 1 aromatic rings. The Bertz CT molecular complexity index is 591. The van der Waals surface area contributed by atoms with Crippen LogP contribution < -0.4 is 5.32 Å². The quantitative estimate of drug-likeness (QED) is 0.849. The van der Waals surface area contributed by atoms with Gasteiger partial charge >= 0.3 is 6.03 Å². The highest BCUT2D eigenvalue weighted by Gasteiger charge is 2.55. The molecule has 5 heteroatoms. The number of nitrogens with one attached hydrogen (secondary N) is 1. The van der Waals surface area contributed by atoms with Crippen LogP contribution in [0.15, 0.2) is 30.3 Å². The molecule has 0 radical (unpaired) electrons. The van der Waals surface area contributed by atoms with Crippen molar-refractivity contribution in [2.75, 3.05) is 0 Å². The second kappa shape index (κ2) is 4.98. The van der Waals surface area contributed by atoms with E-state index in [4.69, 9.17) is 0 Å². The first-order valence-corrected chi connectivity index (χ1v) is 7.30. The van der Waals surface area contributed by atoms with Crippen molar-refractivity contribution in [3.63, 3.8) is 0 Å². The summed E-state index contributed by atoms with van der Waals surface area (Å²) in [5.74, 6) is -0.767. The lowest BCUT2D eigenvalue weighted by atomic mass is 9.81. The highest BCUT2D eigenvalue weighted by Crippen LogP contribution is 2.43. The van der Waals surface area contributed by atoms with Crippen LogP contribution in [0.1, 0.15) is 44.2 Å². The van der Waals surface area contributed by atoms with E-state index in [1.807, 2.05) is 37.3 Å². The van der Waals surface area contributed by atoms with Crippen LogP contribution in [0.2, 0.25) is 0 Å². The summed E-state index contributed by atoms with van der Waals surface area (Å²) in [6.45, 7) is 1.81. The minimum Gasteiger partial charge on any atom is -0.277 e. The lowest BCUT2D eigenvalue weighted by Gasteiger charge is -2.39. The second-order valence-electron chi connectivity index (χ2n) is 5.81. The Morgan fingerprint density at radius 2 is 1.71 bits per heavy atom. The molecule has 1 N–H and O–H groups in total. The number of rotatable bonds is 2.